The molecular formula is C63H37F6N3. The van der Waals surface area contributed by atoms with E-state index in [2.05, 4.69) is 6.07 Å². The van der Waals surface area contributed by atoms with E-state index >= 15 is 26.3 Å². The lowest BCUT2D eigenvalue weighted by atomic mass is 9.90. The molecule has 0 unspecified atom stereocenters. The van der Waals surface area contributed by atoms with Gasteiger partial charge in [-0.25, -0.2) is 0 Å². The number of benzene rings is 10. The van der Waals surface area contributed by atoms with Crippen LogP contribution in [-0.2, 0) is 12.4 Å². The van der Waals surface area contributed by atoms with E-state index in [-0.39, 0.29) is 16.9 Å². The standard InChI is InChI=1S/C63H37F6N3/c64-62(65,66)53-22-13-23-54(63(67,68)69)60(53)51-32-33-55(71-56-34-43(39-14-5-1-6-15-39)24-28-47(56)48-29-25-44(35-57(48)71)40-16-7-2-8-17-40)52(38-70)61(51)72-58-36-45(41-18-9-3-10-19-41)26-30-49(58)50-31-27-46(37-59(50)72)42-20-11-4-12-21-42/h1-37H. The molecule has 0 saturated carbocycles. The molecule has 346 valence electrons. The number of alkyl halides is 6. The first kappa shape index (κ1) is 44.1. The first-order chi connectivity index (χ1) is 35.0. The molecule has 12 rings (SSSR count). The van der Waals surface area contributed by atoms with Gasteiger partial charge in [0, 0.05) is 32.7 Å². The number of nitriles is 1. The van der Waals surface area contributed by atoms with Crippen molar-refractivity contribution in [2.24, 2.45) is 0 Å². The third-order valence-electron chi connectivity index (χ3n) is 13.6. The maximum Gasteiger partial charge on any atom is 0.417 e. The van der Waals surface area contributed by atoms with E-state index in [0.717, 1.165) is 61.3 Å². The van der Waals surface area contributed by atoms with E-state index in [1.807, 2.05) is 199 Å². The lowest BCUT2D eigenvalue weighted by molar-refractivity contribution is -0.142. The predicted octanol–water partition coefficient (Wildman–Crippen LogP) is 18.1. The Morgan fingerprint density at radius 1 is 0.333 bits per heavy atom. The molecule has 0 aliphatic carbocycles. The Morgan fingerprint density at radius 3 is 0.986 bits per heavy atom. The molecule has 0 spiro atoms. The third-order valence-corrected chi connectivity index (χ3v) is 13.6. The third kappa shape index (κ3) is 7.39. The molecule has 12 aromatic rings. The Kier molecular flexibility index (Phi) is 10.5. The summed E-state index contributed by atoms with van der Waals surface area (Å²) in [6.07, 6.45) is -10.5. The smallest absolute Gasteiger partial charge is 0.308 e. The fourth-order valence-electron chi connectivity index (χ4n) is 10.4. The maximum absolute atomic E-state index is 15.5. The highest BCUT2D eigenvalue weighted by Crippen LogP contribution is 2.50. The van der Waals surface area contributed by atoms with Crippen LogP contribution in [-0.4, -0.2) is 9.13 Å². The van der Waals surface area contributed by atoms with Gasteiger partial charge in [-0.2, -0.15) is 31.6 Å². The van der Waals surface area contributed by atoms with E-state index < -0.39 is 34.6 Å². The van der Waals surface area contributed by atoms with Crippen molar-refractivity contribution in [3.8, 4) is 73.1 Å². The quantitative estimate of drug-likeness (QED) is 0.147. The number of hydrogen-bond donors (Lipinski definition) is 0. The van der Waals surface area contributed by atoms with Gasteiger partial charge in [0.05, 0.1) is 44.6 Å². The van der Waals surface area contributed by atoms with Crippen LogP contribution in [0.5, 0.6) is 0 Å². The van der Waals surface area contributed by atoms with Gasteiger partial charge in [0.1, 0.15) is 11.6 Å². The van der Waals surface area contributed by atoms with Crippen molar-refractivity contribution in [1.29, 1.82) is 5.26 Å². The number of nitrogens with zero attached hydrogens (tertiary/aromatic N) is 3. The summed E-state index contributed by atoms with van der Waals surface area (Å²) >= 11 is 0. The number of fused-ring (bicyclic) bond motifs is 6. The monoisotopic (exact) mass is 949 g/mol. The second-order valence-corrected chi connectivity index (χ2v) is 17.8. The van der Waals surface area contributed by atoms with Crippen LogP contribution in [0.15, 0.2) is 224 Å². The van der Waals surface area contributed by atoms with Gasteiger partial charge in [-0.15, -0.1) is 0 Å². The van der Waals surface area contributed by atoms with Crippen LogP contribution >= 0.6 is 0 Å². The molecule has 0 radical (unpaired) electrons. The van der Waals surface area contributed by atoms with Crippen LogP contribution in [0, 0.1) is 11.3 Å². The van der Waals surface area contributed by atoms with E-state index in [9.17, 15) is 5.26 Å². The molecule has 0 saturated heterocycles. The molecule has 0 fully saturated rings. The van der Waals surface area contributed by atoms with E-state index in [4.69, 9.17) is 0 Å². The summed E-state index contributed by atoms with van der Waals surface area (Å²) in [5.41, 5.74) is 4.60. The summed E-state index contributed by atoms with van der Waals surface area (Å²) in [6.45, 7) is 0. The molecule has 0 aliphatic heterocycles. The van der Waals surface area contributed by atoms with Crippen molar-refractivity contribution >= 4 is 43.6 Å². The van der Waals surface area contributed by atoms with Crippen molar-refractivity contribution in [3.63, 3.8) is 0 Å². The summed E-state index contributed by atoms with van der Waals surface area (Å²) in [6, 6.07) is 69.6. The van der Waals surface area contributed by atoms with Gasteiger partial charge in [-0.1, -0.05) is 182 Å². The van der Waals surface area contributed by atoms with E-state index in [1.54, 1.807) is 4.57 Å². The largest absolute Gasteiger partial charge is 0.417 e. The molecule has 0 aliphatic rings. The number of halogens is 6. The molecule has 0 atom stereocenters. The van der Waals surface area contributed by atoms with Crippen molar-refractivity contribution in [2.75, 3.05) is 0 Å². The molecule has 2 heterocycles. The van der Waals surface area contributed by atoms with Crippen LogP contribution in [0.3, 0.4) is 0 Å². The molecule has 72 heavy (non-hydrogen) atoms. The van der Waals surface area contributed by atoms with Crippen LogP contribution in [0.25, 0.3) is 111 Å². The van der Waals surface area contributed by atoms with Gasteiger partial charge in [0.25, 0.3) is 0 Å². The number of aromatic nitrogens is 2. The van der Waals surface area contributed by atoms with Crippen LogP contribution in [0.4, 0.5) is 26.3 Å². The molecule has 10 aromatic carbocycles. The van der Waals surface area contributed by atoms with Gasteiger partial charge in [0.15, 0.2) is 0 Å². The Morgan fingerprint density at radius 2 is 0.667 bits per heavy atom. The average Bonchev–Trinajstić information content (AvgIpc) is 3.91. The van der Waals surface area contributed by atoms with Crippen LogP contribution in [0.1, 0.15) is 16.7 Å². The van der Waals surface area contributed by atoms with Gasteiger partial charge in [0.2, 0.25) is 0 Å². The molecule has 2 aromatic heterocycles. The minimum Gasteiger partial charge on any atom is -0.308 e. The van der Waals surface area contributed by atoms with Crippen molar-refractivity contribution in [1.82, 2.24) is 9.13 Å². The highest BCUT2D eigenvalue weighted by atomic mass is 19.4. The lowest BCUT2D eigenvalue weighted by Crippen LogP contribution is -2.16. The summed E-state index contributed by atoms with van der Waals surface area (Å²) < 4.78 is 96.7. The summed E-state index contributed by atoms with van der Waals surface area (Å²) in [4.78, 5) is 0. The molecule has 0 amide bonds. The number of hydrogen-bond acceptors (Lipinski definition) is 1. The zero-order chi connectivity index (χ0) is 49.3. The zero-order valence-corrected chi connectivity index (χ0v) is 38.0. The summed E-state index contributed by atoms with van der Waals surface area (Å²) in [5.74, 6) is 0. The van der Waals surface area contributed by atoms with Crippen LogP contribution in [0.2, 0.25) is 0 Å². The first-order valence-electron chi connectivity index (χ1n) is 23.2. The van der Waals surface area contributed by atoms with Gasteiger partial charge in [-0.3, -0.25) is 0 Å². The molecular weight excluding hydrogens is 913 g/mol. The first-order valence-corrected chi connectivity index (χ1v) is 23.2. The van der Waals surface area contributed by atoms with Crippen molar-refractivity contribution in [3.05, 3.63) is 241 Å². The highest BCUT2D eigenvalue weighted by Gasteiger charge is 2.42. The second kappa shape index (κ2) is 17.1. The Labute approximate surface area is 409 Å². The van der Waals surface area contributed by atoms with E-state index in [1.165, 1.54) is 12.1 Å². The second-order valence-electron chi connectivity index (χ2n) is 17.8. The fraction of sp³-hybridized carbons (Fsp3) is 0.0317. The fourth-order valence-corrected chi connectivity index (χ4v) is 10.4. The molecule has 0 bridgehead atoms. The lowest BCUT2D eigenvalue weighted by Gasteiger charge is -2.24. The minimum atomic E-state index is -5.23. The van der Waals surface area contributed by atoms with E-state index in [0.29, 0.717) is 45.0 Å². The Bertz CT molecular complexity index is 3880. The topological polar surface area (TPSA) is 33.6 Å². The molecule has 0 N–H and O–H groups in total. The number of rotatable bonds is 7. The Balaban J connectivity index is 1.28. The van der Waals surface area contributed by atoms with Gasteiger partial charge in [-0.05, 0) is 87.0 Å². The maximum atomic E-state index is 15.5. The van der Waals surface area contributed by atoms with Crippen molar-refractivity contribution < 1.29 is 26.3 Å². The predicted molar refractivity (Wildman–Crippen MR) is 277 cm³/mol. The molecule has 9 heteroatoms. The average molecular weight is 950 g/mol. The minimum absolute atomic E-state index is 0.138. The summed E-state index contributed by atoms with van der Waals surface area (Å²) in [7, 11) is 0. The van der Waals surface area contributed by atoms with Gasteiger partial charge < -0.3 is 9.13 Å². The molecule has 3 nitrogen and oxygen atoms in total. The van der Waals surface area contributed by atoms with Crippen LogP contribution < -0.4 is 0 Å². The summed E-state index contributed by atoms with van der Waals surface area (Å²) in [5, 5.41) is 15.0. The Hall–Kier alpha value is -9.13. The normalized spacial score (nSPS) is 12.0. The SMILES string of the molecule is N#Cc1c(-n2c3cc(-c4ccccc4)ccc3c3ccc(-c4ccccc4)cc32)ccc(-c2c(C(F)(F)F)cccc2C(F)(F)F)c1-n1c2cc(-c3ccccc3)ccc2c2ccc(-c3ccccc3)cc21. The van der Waals surface area contributed by atoms with Gasteiger partial charge >= 0.3 is 12.4 Å². The highest BCUT2D eigenvalue weighted by molar-refractivity contribution is 6.14. The van der Waals surface area contributed by atoms with Crippen molar-refractivity contribution in [2.45, 2.75) is 12.4 Å². The zero-order valence-electron chi connectivity index (χ0n) is 38.0.